The summed E-state index contributed by atoms with van der Waals surface area (Å²) < 4.78 is 5.68. The van der Waals surface area contributed by atoms with Gasteiger partial charge in [0, 0.05) is 25.4 Å². The molecule has 2 aliphatic rings. The lowest BCUT2D eigenvalue weighted by Gasteiger charge is -2.32. The summed E-state index contributed by atoms with van der Waals surface area (Å²) in [4.78, 5) is 27.2. The van der Waals surface area contributed by atoms with Crippen molar-refractivity contribution in [1.82, 2.24) is 4.98 Å². The number of ether oxygens (including phenoxy) is 1. The fourth-order valence-electron chi connectivity index (χ4n) is 2.73. The van der Waals surface area contributed by atoms with Gasteiger partial charge < -0.3 is 14.7 Å². The minimum Gasteiger partial charge on any atom is -0.478 e. The third-order valence-electron chi connectivity index (χ3n) is 3.63. The Bertz CT molecular complexity index is 564. The highest BCUT2D eigenvalue weighted by atomic mass is 16.6. The number of pyridine rings is 1. The molecule has 0 aromatic carbocycles. The fourth-order valence-corrected chi connectivity index (χ4v) is 2.73. The van der Waals surface area contributed by atoms with Gasteiger partial charge in [-0.25, -0.2) is 9.78 Å². The first-order valence-electron chi connectivity index (χ1n) is 6.32. The number of carbonyl (C=O) groups is 1. The van der Waals surface area contributed by atoms with Gasteiger partial charge in [-0.1, -0.05) is 0 Å². The van der Waals surface area contributed by atoms with Crippen LogP contribution in [0.25, 0.3) is 0 Å². The molecular formula is C12H13N3O5. The van der Waals surface area contributed by atoms with Gasteiger partial charge in [-0.15, -0.1) is 0 Å². The molecule has 1 aromatic rings. The van der Waals surface area contributed by atoms with E-state index in [1.54, 1.807) is 0 Å². The number of morpholine rings is 1. The zero-order valence-corrected chi connectivity index (χ0v) is 10.6. The molecule has 0 aliphatic carbocycles. The van der Waals surface area contributed by atoms with Crippen molar-refractivity contribution < 1.29 is 19.6 Å². The molecule has 2 atom stereocenters. The summed E-state index contributed by atoms with van der Waals surface area (Å²) in [6.45, 7) is 1.10. The molecule has 0 saturated carbocycles. The molecular weight excluding hydrogens is 266 g/mol. The van der Waals surface area contributed by atoms with Crippen LogP contribution in [0.5, 0.6) is 0 Å². The Labute approximate surface area is 114 Å². The van der Waals surface area contributed by atoms with E-state index in [4.69, 9.17) is 9.84 Å². The SMILES string of the molecule is O=C(O)c1cnc(N2CC3CCC(C2)O3)c([N+](=O)[O-])c1. The number of hydrogen-bond acceptors (Lipinski definition) is 6. The summed E-state index contributed by atoms with van der Waals surface area (Å²) in [5.74, 6) is -1.01. The zero-order valence-electron chi connectivity index (χ0n) is 10.6. The van der Waals surface area contributed by atoms with Crippen molar-refractivity contribution in [2.75, 3.05) is 18.0 Å². The number of aromatic nitrogens is 1. The Morgan fingerprint density at radius 3 is 2.65 bits per heavy atom. The van der Waals surface area contributed by atoms with Crippen molar-refractivity contribution in [3.05, 3.63) is 27.9 Å². The third kappa shape index (κ3) is 2.18. The van der Waals surface area contributed by atoms with E-state index in [-0.39, 0.29) is 29.3 Å². The Balaban J connectivity index is 1.96. The summed E-state index contributed by atoms with van der Waals surface area (Å²) in [6, 6.07) is 1.06. The molecule has 8 nitrogen and oxygen atoms in total. The Morgan fingerprint density at radius 2 is 2.10 bits per heavy atom. The van der Waals surface area contributed by atoms with Gasteiger partial charge in [-0.3, -0.25) is 10.1 Å². The van der Waals surface area contributed by atoms with Crippen LogP contribution >= 0.6 is 0 Å². The second-order valence-electron chi connectivity index (χ2n) is 4.99. The van der Waals surface area contributed by atoms with Crippen molar-refractivity contribution in [2.24, 2.45) is 0 Å². The number of hydrogen-bond donors (Lipinski definition) is 1. The van der Waals surface area contributed by atoms with E-state index in [2.05, 4.69) is 4.98 Å². The van der Waals surface area contributed by atoms with Crippen LogP contribution in [0.1, 0.15) is 23.2 Å². The molecule has 0 radical (unpaired) electrons. The molecule has 3 rings (SSSR count). The zero-order chi connectivity index (χ0) is 14.3. The largest absolute Gasteiger partial charge is 0.478 e. The molecule has 2 fully saturated rings. The molecule has 1 aromatic heterocycles. The van der Waals surface area contributed by atoms with Crippen LogP contribution < -0.4 is 4.90 Å². The summed E-state index contributed by atoms with van der Waals surface area (Å²) in [6.07, 6.45) is 3.20. The standard InChI is InChI=1S/C12H13N3O5/c16-12(17)7-3-10(15(18)19)11(13-4-7)14-5-8-1-2-9(6-14)20-8/h3-4,8-9H,1-2,5-6H2,(H,16,17). The summed E-state index contributed by atoms with van der Waals surface area (Å²) in [7, 11) is 0. The van der Waals surface area contributed by atoms with E-state index < -0.39 is 10.9 Å². The first-order chi connectivity index (χ1) is 9.54. The Kier molecular flexibility index (Phi) is 3.01. The van der Waals surface area contributed by atoms with Gasteiger partial charge in [0.2, 0.25) is 5.82 Å². The first-order valence-corrected chi connectivity index (χ1v) is 6.32. The van der Waals surface area contributed by atoms with Crippen molar-refractivity contribution in [1.29, 1.82) is 0 Å². The Hall–Kier alpha value is -2.22. The normalized spacial score (nSPS) is 24.7. The number of nitrogens with zero attached hydrogens (tertiary/aromatic N) is 3. The van der Waals surface area contributed by atoms with E-state index in [1.807, 2.05) is 4.90 Å². The molecule has 2 unspecified atom stereocenters. The van der Waals surface area contributed by atoms with Gasteiger partial charge in [0.1, 0.15) is 0 Å². The summed E-state index contributed by atoms with van der Waals surface area (Å²) in [5, 5.41) is 20.0. The quantitative estimate of drug-likeness (QED) is 0.651. The van der Waals surface area contributed by atoms with E-state index >= 15 is 0 Å². The van der Waals surface area contributed by atoms with Gasteiger partial charge >= 0.3 is 11.7 Å². The average molecular weight is 279 g/mol. The molecule has 20 heavy (non-hydrogen) atoms. The van der Waals surface area contributed by atoms with Crippen molar-refractivity contribution in [3.63, 3.8) is 0 Å². The van der Waals surface area contributed by atoms with Gasteiger partial charge in [-0.2, -0.15) is 0 Å². The van der Waals surface area contributed by atoms with Crippen molar-refractivity contribution in [3.8, 4) is 0 Å². The van der Waals surface area contributed by atoms with Crippen LogP contribution in [0.2, 0.25) is 0 Å². The fraction of sp³-hybridized carbons (Fsp3) is 0.500. The molecule has 8 heteroatoms. The van der Waals surface area contributed by atoms with Crippen LogP contribution in [0.15, 0.2) is 12.3 Å². The molecule has 0 spiro atoms. The van der Waals surface area contributed by atoms with Gasteiger partial charge in [-0.05, 0) is 12.8 Å². The van der Waals surface area contributed by atoms with Crippen molar-refractivity contribution in [2.45, 2.75) is 25.0 Å². The van der Waals surface area contributed by atoms with Crippen LogP contribution in [-0.4, -0.2) is 46.3 Å². The monoisotopic (exact) mass is 279 g/mol. The topological polar surface area (TPSA) is 106 Å². The van der Waals surface area contributed by atoms with Gasteiger partial charge in [0.15, 0.2) is 0 Å². The van der Waals surface area contributed by atoms with Crippen molar-refractivity contribution >= 4 is 17.5 Å². The molecule has 2 bridgehead atoms. The second kappa shape index (κ2) is 4.71. The molecule has 0 amide bonds. The lowest BCUT2D eigenvalue weighted by molar-refractivity contribution is -0.384. The maximum absolute atomic E-state index is 11.1. The third-order valence-corrected chi connectivity index (χ3v) is 3.63. The molecule has 106 valence electrons. The smallest absolute Gasteiger partial charge is 0.337 e. The van der Waals surface area contributed by atoms with Crippen LogP contribution in [0.3, 0.4) is 0 Å². The number of fused-ring (bicyclic) bond motifs is 2. The van der Waals surface area contributed by atoms with E-state index in [1.165, 1.54) is 0 Å². The molecule has 3 heterocycles. The predicted molar refractivity (Wildman–Crippen MR) is 68.0 cm³/mol. The number of anilines is 1. The highest BCUT2D eigenvalue weighted by molar-refractivity contribution is 5.88. The lowest BCUT2D eigenvalue weighted by atomic mass is 10.2. The van der Waals surface area contributed by atoms with Gasteiger partial charge in [0.05, 0.1) is 22.7 Å². The summed E-state index contributed by atoms with van der Waals surface area (Å²) >= 11 is 0. The Morgan fingerprint density at radius 1 is 1.45 bits per heavy atom. The van der Waals surface area contributed by atoms with Crippen LogP contribution in [-0.2, 0) is 4.74 Å². The molecule has 2 saturated heterocycles. The minimum absolute atomic E-state index is 0.0781. The summed E-state index contributed by atoms with van der Waals surface area (Å²) in [5.41, 5.74) is -0.456. The highest BCUT2D eigenvalue weighted by Crippen LogP contribution is 2.33. The number of rotatable bonds is 3. The predicted octanol–water partition coefficient (Wildman–Crippen LogP) is 1.06. The van der Waals surface area contributed by atoms with E-state index in [9.17, 15) is 14.9 Å². The highest BCUT2D eigenvalue weighted by Gasteiger charge is 2.36. The number of carboxylic acid groups (broad SMARTS) is 1. The lowest BCUT2D eigenvalue weighted by Crippen LogP contribution is -2.43. The van der Waals surface area contributed by atoms with Crippen LogP contribution in [0, 0.1) is 10.1 Å². The van der Waals surface area contributed by atoms with Crippen LogP contribution in [0.4, 0.5) is 11.5 Å². The second-order valence-corrected chi connectivity index (χ2v) is 4.99. The van der Waals surface area contributed by atoms with E-state index in [0.29, 0.717) is 13.1 Å². The molecule has 2 aliphatic heterocycles. The van der Waals surface area contributed by atoms with E-state index in [0.717, 1.165) is 25.1 Å². The molecule has 1 N–H and O–H groups in total. The number of carboxylic acids is 1. The number of aromatic carboxylic acids is 1. The van der Waals surface area contributed by atoms with Gasteiger partial charge in [0.25, 0.3) is 0 Å². The first kappa shape index (κ1) is 12.8. The number of nitro groups is 1. The maximum atomic E-state index is 11.1. The minimum atomic E-state index is -1.23. The maximum Gasteiger partial charge on any atom is 0.337 e. The average Bonchev–Trinajstić information content (AvgIpc) is 2.76.